The summed E-state index contributed by atoms with van der Waals surface area (Å²) in [6, 6.07) is 26.5. The van der Waals surface area contributed by atoms with E-state index in [2.05, 4.69) is 67.4 Å². The van der Waals surface area contributed by atoms with Gasteiger partial charge in [0, 0.05) is 49.1 Å². The Morgan fingerprint density at radius 2 is 1.72 bits per heavy atom. The highest BCUT2D eigenvalue weighted by molar-refractivity contribution is 6.10. The number of hydrogen-bond acceptors (Lipinski definition) is 4. The SMILES string of the molecule is C[C@@H]1CN([C@H](C)CO)C(=O)c2c(c3ccccc3n2C)-c2ccccc2CO[C@@H]1CN(C)Cc1ccccc1. The van der Waals surface area contributed by atoms with E-state index in [-0.39, 0.29) is 30.6 Å². The zero-order valence-corrected chi connectivity index (χ0v) is 23.4. The average molecular weight is 526 g/mol. The third-order valence-corrected chi connectivity index (χ3v) is 8.01. The Labute approximate surface area is 231 Å². The highest BCUT2D eigenvalue weighted by Crippen LogP contribution is 2.38. The quantitative estimate of drug-likeness (QED) is 0.370. The van der Waals surface area contributed by atoms with Crippen LogP contribution in [0.2, 0.25) is 0 Å². The van der Waals surface area contributed by atoms with Crippen molar-refractivity contribution in [3.8, 4) is 11.1 Å². The number of aromatic nitrogens is 1. The maximum absolute atomic E-state index is 14.4. The fraction of sp³-hybridized carbons (Fsp3) is 0.364. The Hall–Kier alpha value is -3.45. The second-order valence-corrected chi connectivity index (χ2v) is 11.0. The van der Waals surface area contributed by atoms with Gasteiger partial charge in [-0.05, 0) is 36.7 Å². The Morgan fingerprint density at radius 3 is 2.49 bits per heavy atom. The molecule has 0 radical (unpaired) electrons. The molecule has 0 spiro atoms. The molecule has 5 rings (SSSR count). The molecule has 0 bridgehead atoms. The van der Waals surface area contributed by atoms with Crippen LogP contribution in [0.1, 0.15) is 35.5 Å². The number of carbonyl (C=O) groups is 1. The Bertz CT molecular complexity index is 1430. The first-order valence-electron chi connectivity index (χ1n) is 13.8. The first-order chi connectivity index (χ1) is 18.9. The van der Waals surface area contributed by atoms with Gasteiger partial charge in [0.05, 0.1) is 25.4 Å². The summed E-state index contributed by atoms with van der Waals surface area (Å²) in [7, 11) is 4.08. The summed E-state index contributed by atoms with van der Waals surface area (Å²) >= 11 is 0. The number of fused-ring (bicyclic) bond motifs is 5. The molecule has 0 saturated heterocycles. The molecule has 3 aromatic carbocycles. The van der Waals surface area contributed by atoms with E-state index in [4.69, 9.17) is 4.74 Å². The molecular formula is C33H39N3O3. The van der Waals surface area contributed by atoms with E-state index < -0.39 is 0 Å². The lowest BCUT2D eigenvalue weighted by Gasteiger charge is -2.35. The van der Waals surface area contributed by atoms with Crippen LogP contribution in [-0.4, -0.2) is 64.3 Å². The largest absolute Gasteiger partial charge is 0.394 e. The van der Waals surface area contributed by atoms with E-state index in [1.54, 1.807) is 0 Å². The molecule has 39 heavy (non-hydrogen) atoms. The van der Waals surface area contributed by atoms with Crippen molar-refractivity contribution >= 4 is 16.8 Å². The molecule has 1 aliphatic heterocycles. The van der Waals surface area contributed by atoms with Crippen molar-refractivity contribution in [3.63, 3.8) is 0 Å². The number of rotatable bonds is 6. The molecule has 0 saturated carbocycles. The summed E-state index contributed by atoms with van der Waals surface area (Å²) in [4.78, 5) is 18.5. The van der Waals surface area contributed by atoms with Gasteiger partial charge in [0.15, 0.2) is 0 Å². The minimum absolute atomic E-state index is 0.0459. The molecule has 6 nitrogen and oxygen atoms in total. The third-order valence-electron chi connectivity index (χ3n) is 8.01. The third kappa shape index (κ3) is 5.50. The first kappa shape index (κ1) is 27.1. The van der Waals surface area contributed by atoms with Crippen LogP contribution < -0.4 is 0 Å². The molecule has 0 aliphatic carbocycles. The van der Waals surface area contributed by atoms with Gasteiger partial charge in [0.2, 0.25) is 0 Å². The summed E-state index contributed by atoms with van der Waals surface area (Å²) in [6.07, 6.45) is -0.106. The van der Waals surface area contributed by atoms with Crippen LogP contribution in [0.15, 0.2) is 78.9 Å². The van der Waals surface area contributed by atoms with E-state index in [9.17, 15) is 9.90 Å². The topological polar surface area (TPSA) is 57.9 Å². The number of likely N-dealkylation sites (N-methyl/N-ethyl adjacent to an activating group) is 1. The zero-order valence-electron chi connectivity index (χ0n) is 23.4. The fourth-order valence-corrected chi connectivity index (χ4v) is 5.79. The predicted octanol–water partition coefficient (Wildman–Crippen LogP) is 5.34. The number of nitrogens with zero attached hydrogens (tertiary/aromatic N) is 3. The fourth-order valence-electron chi connectivity index (χ4n) is 5.79. The molecule has 1 N–H and O–H groups in total. The summed E-state index contributed by atoms with van der Waals surface area (Å²) in [5.74, 6) is -0.0187. The van der Waals surface area contributed by atoms with Gasteiger partial charge in [-0.25, -0.2) is 0 Å². The van der Waals surface area contributed by atoms with Crippen molar-refractivity contribution in [2.45, 2.75) is 39.1 Å². The minimum atomic E-state index is -0.329. The lowest BCUT2D eigenvalue weighted by molar-refractivity contribution is -0.0242. The maximum Gasteiger partial charge on any atom is 0.271 e. The molecule has 0 fully saturated rings. The van der Waals surface area contributed by atoms with Gasteiger partial charge in [-0.15, -0.1) is 0 Å². The van der Waals surface area contributed by atoms with Gasteiger partial charge >= 0.3 is 0 Å². The van der Waals surface area contributed by atoms with Crippen LogP contribution in [0.3, 0.4) is 0 Å². The van der Waals surface area contributed by atoms with Crippen molar-refractivity contribution in [1.82, 2.24) is 14.4 Å². The van der Waals surface area contributed by atoms with Crippen LogP contribution in [0.4, 0.5) is 0 Å². The van der Waals surface area contributed by atoms with Gasteiger partial charge in [-0.1, -0.05) is 79.7 Å². The highest BCUT2D eigenvalue weighted by Gasteiger charge is 2.33. The minimum Gasteiger partial charge on any atom is -0.394 e. The number of aryl methyl sites for hydroxylation is 1. The second kappa shape index (κ2) is 11.7. The van der Waals surface area contributed by atoms with E-state index in [0.29, 0.717) is 18.8 Å². The van der Waals surface area contributed by atoms with Crippen molar-refractivity contribution in [2.75, 3.05) is 26.7 Å². The first-order valence-corrected chi connectivity index (χ1v) is 13.8. The molecule has 204 valence electrons. The number of hydrogen-bond donors (Lipinski definition) is 1. The predicted molar refractivity (Wildman–Crippen MR) is 156 cm³/mol. The number of benzene rings is 3. The van der Waals surface area contributed by atoms with E-state index >= 15 is 0 Å². The molecule has 0 unspecified atom stereocenters. The molecular weight excluding hydrogens is 486 g/mol. The summed E-state index contributed by atoms with van der Waals surface area (Å²) < 4.78 is 8.71. The Morgan fingerprint density at radius 1 is 1.03 bits per heavy atom. The van der Waals surface area contributed by atoms with E-state index in [1.807, 2.05) is 53.8 Å². The van der Waals surface area contributed by atoms with Gasteiger partial charge < -0.3 is 19.3 Å². The number of ether oxygens (including phenoxy) is 1. The van der Waals surface area contributed by atoms with E-state index in [0.717, 1.165) is 40.7 Å². The van der Waals surface area contributed by atoms with Crippen LogP contribution >= 0.6 is 0 Å². The molecule has 3 atom stereocenters. The van der Waals surface area contributed by atoms with Crippen LogP contribution in [0, 0.1) is 5.92 Å². The Balaban J connectivity index is 1.58. The van der Waals surface area contributed by atoms with Crippen LogP contribution in [0.5, 0.6) is 0 Å². The van der Waals surface area contributed by atoms with Crippen LogP contribution in [0.25, 0.3) is 22.0 Å². The number of para-hydroxylation sites is 1. The number of amides is 1. The number of aliphatic hydroxyl groups excluding tert-OH is 1. The summed E-state index contributed by atoms with van der Waals surface area (Å²) in [5, 5.41) is 11.2. The van der Waals surface area contributed by atoms with Crippen molar-refractivity contribution in [2.24, 2.45) is 13.0 Å². The van der Waals surface area contributed by atoms with Crippen molar-refractivity contribution in [3.05, 3.63) is 95.7 Å². The smallest absolute Gasteiger partial charge is 0.271 e. The summed E-state index contributed by atoms with van der Waals surface area (Å²) in [6.45, 7) is 6.45. The molecule has 1 aromatic heterocycles. The molecule has 4 aromatic rings. The molecule has 1 aliphatic rings. The standard InChI is InChI=1S/C33H39N3O3/c1-23-18-36(24(2)21-37)33(38)32-31(28-16-10-11-17-29(28)35(32)4)27-15-9-8-14-26(27)22-39-30(23)20-34(3)19-25-12-6-5-7-13-25/h5-17,23-24,30,37H,18-22H2,1-4H3/t23-,24-,30-/m1/s1. The van der Waals surface area contributed by atoms with Gasteiger partial charge in [-0.2, -0.15) is 0 Å². The van der Waals surface area contributed by atoms with Gasteiger partial charge in [-0.3, -0.25) is 9.69 Å². The molecule has 2 heterocycles. The van der Waals surface area contributed by atoms with Gasteiger partial charge in [0.25, 0.3) is 5.91 Å². The molecule has 1 amide bonds. The van der Waals surface area contributed by atoms with E-state index in [1.165, 1.54) is 5.56 Å². The van der Waals surface area contributed by atoms with Gasteiger partial charge in [0.1, 0.15) is 5.69 Å². The van der Waals surface area contributed by atoms with Crippen molar-refractivity contribution < 1.29 is 14.6 Å². The summed E-state index contributed by atoms with van der Waals surface area (Å²) in [5.41, 5.74) is 5.92. The monoisotopic (exact) mass is 525 g/mol. The van der Waals surface area contributed by atoms with Crippen molar-refractivity contribution in [1.29, 1.82) is 0 Å². The lowest BCUT2D eigenvalue weighted by Crippen LogP contribution is -2.47. The average Bonchev–Trinajstić information content (AvgIpc) is 3.24. The Kier molecular flexibility index (Phi) is 8.17. The normalized spacial score (nSPS) is 19.0. The highest BCUT2D eigenvalue weighted by atomic mass is 16.5. The maximum atomic E-state index is 14.4. The lowest BCUT2D eigenvalue weighted by atomic mass is 9.96. The second-order valence-electron chi connectivity index (χ2n) is 11.0. The number of carbonyl (C=O) groups excluding carboxylic acids is 1. The van der Waals surface area contributed by atoms with Crippen LogP contribution in [-0.2, 0) is 24.9 Å². The molecule has 6 heteroatoms. The zero-order chi connectivity index (χ0) is 27.5. The number of aliphatic hydroxyl groups is 1.